The summed E-state index contributed by atoms with van der Waals surface area (Å²) in [5, 5.41) is 5.21. The van der Waals surface area contributed by atoms with Gasteiger partial charge in [-0.15, -0.1) is 11.3 Å². The maximum Gasteiger partial charge on any atom is 0.241 e. The summed E-state index contributed by atoms with van der Waals surface area (Å²) < 4.78 is 33.1. The summed E-state index contributed by atoms with van der Waals surface area (Å²) in [6, 6.07) is 2.27. The lowest BCUT2D eigenvalue weighted by molar-refractivity contribution is 0.0200. The van der Waals surface area contributed by atoms with E-state index in [4.69, 9.17) is 4.74 Å². The van der Waals surface area contributed by atoms with E-state index in [1.54, 1.807) is 6.07 Å². The van der Waals surface area contributed by atoms with Crippen LogP contribution in [0.2, 0.25) is 0 Å². The van der Waals surface area contributed by atoms with Gasteiger partial charge in [0.05, 0.1) is 11.0 Å². The molecule has 1 aromatic rings. The quantitative estimate of drug-likeness (QED) is 0.801. The highest BCUT2D eigenvalue weighted by molar-refractivity contribution is 7.89. The predicted molar refractivity (Wildman–Crippen MR) is 83.0 cm³/mol. The van der Waals surface area contributed by atoms with Crippen molar-refractivity contribution in [1.29, 1.82) is 0 Å². The summed E-state index contributed by atoms with van der Waals surface area (Å²) in [4.78, 5) is 1.30. The molecule has 1 aromatic heterocycles. The number of nitrogens with one attached hydrogen (secondary N) is 2. The third-order valence-electron chi connectivity index (χ3n) is 3.90. The van der Waals surface area contributed by atoms with Crippen LogP contribution in [-0.4, -0.2) is 33.7 Å². The Kier molecular flexibility index (Phi) is 4.96. The van der Waals surface area contributed by atoms with Crippen molar-refractivity contribution in [3.63, 3.8) is 0 Å². The van der Waals surface area contributed by atoms with Crippen LogP contribution in [0.4, 0.5) is 0 Å². The SMILES string of the molecule is O=S(=O)(NCC1CCCCO1)c1ccsc1CNC1CC1. The van der Waals surface area contributed by atoms with Gasteiger partial charge in [-0.1, -0.05) is 0 Å². The van der Waals surface area contributed by atoms with E-state index in [0.29, 0.717) is 24.0 Å². The van der Waals surface area contributed by atoms with Crippen LogP contribution in [0.15, 0.2) is 16.3 Å². The first kappa shape index (κ1) is 15.4. The molecule has 1 atom stereocenters. The largest absolute Gasteiger partial charge is 0.377 e. The summed E-state index contributed by atoms with van der Waals surface area (Å²) in [5.41, 5.74) is 0. The van der Waals surface area contributed by atoms with Crippen molar-refractivity contribution in [2.24, 2.45) is 0 Å². The molecule has 1 saturated heterocycles. The molecule has 0 amide bonds. The molecule has 118 valence electrons. The summed E-state index contributed by atoms with van der Waals surface area (Å²) in [5.74, 6) is 0. The van der Waals surface area contributed by atoms with Gasteiger partial charge in [-0.2, -0.15) is 0 Å². The van der Waals surface area contributed by atoms with Crippen molar-refractivity contribution in [3.8, 4) is 0 Å². The van der Waals surface area contributed by atoms with Gasteiger partial charge in [-0.25, -0.2) is 13.1 Å². The molecule has 7 heteroatoms. The van der Waals surface area contributed by atoms with E-state index in [0.717, 1.165) is 30.7 Å². The zero-order valence-corrected chi connectivity index (χ0v) is 13.6. The predicted octanol–water partition coefficient (Wildman–Crippen LogP) is 1.85. The van der Waals surface area contributed by atoms with Gasteiger partial charge >= 0.3 is 0 Å². The van der Waals surface area contributed by atoms with Crippen molar-refractivity contribution in [2.75, 3.05) is 13.2 Å². The highest BCUT2D eigenvalue weighted by Crippen LogP contribution is 2.25. The Labute approximate surface area is 130 Å². The summed E-state index contributed by atoms with van der Waals surface area (Å²) in [6.45, 7) is 1.74. The lowest BCUT2D eigenvalue weighted by atomic mass is 10.1. The van der Waals surface area contributed by atoms with Crippen LogP contribution in [0.5, 0.6) is 0 Å². The lowest BCUT2D eigenvalue weighted by Crippen LogP contribution is -2.35. The second-order valence-electron chi connectivity index (χ2n) is 5.70. The Morgan fingerprint density at radius 3 is 2.86 bits per heavy atom. The minimum absolute atomic E-state index is 0.0141. The van der Waals surface area contributed by atoms with Gasteiger partial charge in [0.2, 0.25) is 10.0 Å². The van der Waals surface area contributed by atoms with Gasteiger partial charge < -0.3 is 10.1 Å². The second kappa shape index (κ2) is 6.75. The van der Waals surface area contributed by atoms with Gasteiger partial charge in [0.25, 0.3) is 0 Å². The van der Waals surface area contributed by atoms with Crippen LogP contribution in [0.25, 0.3) is 0 Å². The molecule has 3 rings (SSSR count). The topological polar surface area (TPSA) is 67.4 Å². The fourth-order valence-electron chi connectivity index (χ4n) is 2.47. The van der Waals surface area contributed by atoms with Crippen LogP contribution >= 0.6 is 11.3 Å². The summed E-state index contributed by atoms with van der Waals surface area (Å²) >= 11 is 1.49. The fourth-order valence-corrected chi connectivity index (χ4v) is 4.93. The number of ether oxygens (including phenoxy) is 1. The van der Waals surface area contributed by atoms with E-state index in [1.807, 2.05) is 5.38 Å². The molecule has 0 radical (unpaired) electrons. The molecule has 5 nitrogen and oxygen atoms in total. The molecule has 1 saturated carbocycles. The van der Waals surface area contributed by atoms with Crippen LogP contribution in [0.1, 0.15) is 37.0 Å². The minimum Gasteiger partial charge on any atom is -0.377 e. The molecule has 1 aliphatic carbocycles. The average Bonchev–Trinajstić information content (AvgIpc) is 3.20. The molecule has 0 aromatic carbocycles. The van der Waals surface area contributed by atoms with Gasteiger partial charge in [-0.05, 0) is 43.6 Å². The molecule has 0 bridgehead atoms. The van der Waals surface area contributed by atoms with Crippen LogP contribution in [-0.2, 0) is 21.3 Å². The zero-order valence-electron chi connectivity index (χ0n) is 12.0. The smallest absolute Gasteiger partial charge is 0.241 e. The average molecular weight is 330 g/mol. The second-order valence-corrected chi connectivity index (χ2v) is 8.44. The van der Waals surface area contributed by atoms with Crippen molar-refractivity contribution < 1.29 is 13.2 Å². The molecular weight excluding hydrogens is 308 g/mol. The third kappa shape index (κ3) is 4.26. The molecule has 2 N–H and O–H groups in total. The normalized spacial score (nSPS) is 23.3. The molecular formula is C14H22N2O3S2. The first-order chi connectivity index (χ1) is 10.1. The Bertz CT molecular complexity index is 561. The highest BCUT2D eigenvalue weighted by Gasteiger charge is 2.25. The zero-order chi connectivity index (χ0) is 14.7. The van der Waals surface area contributed by atoms with E-state index >= 15 is 0 Å². The number of hydrogen-bond acceptors (Lipinski definition) is 5. The van der Waals surface area contributed by atoms with Crippen LogP contribution in [0, 0.1) is 0 Å². The molecule has 1 unspecified atom stereocenters. The standard InChI is InChI=1S/C14H22N2O3S2/c17-21(18,16-9-12-3-1-2-7-19-12)14-6-8-20-13(14)10-15-11-4-5-11/h6,8,11-12,15-16H,1-5,7,9-10H2. The molecule has 2 fully saturated rings. The number of hydrogen-bond donors (Lipinski definition) is 2. The Morgan fingerprint density at radius 2 is 2.14 bits per heavy atom. The third-order valence-corrected chi connectivity index (χ3v) is 6.46. The molecule has 2 heterocycles. The van der Waals surface area contributed by atoms with Crippen molar-refractivity contribution >= 4 is 21.4 Å². The van der Waals surface area contributed by atoms with E-state index < -0.39 is 10.0 Å². The van der Waals surface area contributed by atoms with Gasteiger partial charge in [0.15, 0.2) is 0 Å². The highest BCUT2D eigenvalue weighted by atomic mass is 32.2. The Morgan fingerprint density at radius 1 is 1.29 bits per heavy atom. The van der Waals surface area contributed by atoms with E-state index in [2.05, 4.69) is 10.0 Å². The van der Waals surface area contributed by atoms with Gasteiger partial charge in [-0.3, -0.25) is 0 Å². The fraction of sp³-hybridized carbons (Fsp3) is 0.714. The van der Waals surface area contributed by atoms with Crippen LogP contribution < -0.4 is 10.0 Å². The molecule has 0 spiro atoms. The summed E-state index contributed by atoms with van der Waals surface area (Å²) in [7, 11) is -3.43. The summed E-state index contributed by atoms with van der Waals surface area (Å²) in [6.07, 6.45) is 5.53. The Hall–Kier alpha value is -0.470. The van der Waals surface area contributed by atoms with E-state index in [1.165, 1.54) is 24.2 Å². The minimum atomic E-state index is -3.43. The van der Waals surface area contributed by atoms with Crippen molar-refractivity contribution in [1.82, 2.24) is 10.0 Å². The molecule has 1 aliphatic heterocycles. The van der Waals surface area contributed by atoms with Crippen LogP contribution in [0.3, 0.4) is 0 Å². The van der Waals surface area contributed by atoms with Crippen molar-refractivity contribution in [3.05, 3.63) is 16.3 Å². The molecule has 21 heavy (non-hydrogen) atoms. The van der Waals surface area contributed by atoms with Gasteiger partial charge in [0, 0.05) is 30.6 Å². The maximum absolute atomic E-state index is 12.4. The first-order valence-corrected chi connectivity index (χ1v) is 9.92. The van der Waals surface area contributed by atoms with E-state index in [9.17, 15) is 8.42 Å². The molecule has 2 aliphatic rings. The number of rotatable bonds is 7. The van der Waals surface area contributed by atoms with Crippen molar-refractivity contribution in [2.45, 2.75) is 55.7 Å². The van der Waals surface area contributed by atoms with E-state index in [-0.39, 0.29) is 6.10 Å². The van der Waals surface area contributed by atoms with Gasteiger partial charge in [0.1, 0.15) is 0 Å². The number of sulfonamides is 1. The lowest BCUT2D eigenvalue weighted by Gasteiger charge is -2.22. The monoisotopic (exact) mass is 330 g/mol. The number of thiophene rings is 1. The Balaban J connectivity index is 1.59. The maximum atomic E-state index is 12.4. The first-order valence-electron chi connectivity index (χ1n) is 7.56.